The molecule has 3 heterocycles. The number of aromatic nitrogens is 1. The molecular weight excluding hydrogens is 382 g/mol. The molecule has 8 heteroatoms. The first-order valence-electron chi connectivity index (χ1n) is 10.7. The van der Waals surface area contributed by atoms with E-state index >= 15 is 0 Å². The summed E-state index contributed by atoms with van der Waals surface area (Å²) >= 11 is 0. The number of nitrogens with zero attached hydrogens (tertiary/aromatic N) is 4. The lowest BCUT2D eigenvalue weighted by Gasteiger charge is -2.37. The molecule has 2 aromatic rings. The van der Waals surface area contributed by atoms with Crippen LogP contribution in [0.1, 0.15) is 18.2 Å². The van der Waals surface area contributed by atoms with Gasteiger partial charge in [0, 0.05) is 57.6 Å². The molecule has 2 aliphatic heterocycles. The van der Waals surface area contributed by atoms with Crippen LogP contribution >= 0.6 is 0 Å². The first-order valence-corrected chi connectivity index (χ1v) is 10.7. The number of ether oxygens (including phenoxy) is 1. The molecule has 1 aromatic carbocycles. The van der Waals surface area contributed by atoms with Crippen molar-refractivity contribution in [2.24, 2.45) is 0 Å². The van der Waals surface area contributed by atoms with Crippen LogP contribution in [0.15, 0.2) is 34.9 Å². The maximum atomic E-state index is 12.2. The Morgan fingerprint density at radius 3 is 2.67 bits per heavy atom. The van der Waals surface area contributed by atoms with Gasteiger partial charge in [0.1, 0.15) is 5.76 Å². The quantitative estimate of drug-likeness (QED) is 0.776. The van der Waals surface area contributed by atoms with Crippen LogP contribution < -0.4 is 10.2 Å². The summed E-state index contributed by atoms with van der Waals surface area (Å²) in [6, 6.07) is 10.4. The van der Waals surface area contributed by atoms with Crippen LogP contribution in [0.2, 0.25) is 0 Å². The Labute approximate surface area is 177 Å². The second-order valence-corrected chi connectivity index (χ2v) is 8.18. The summed E-state index contributed by atoms with van der Waals surface area (Å²) in [6.45, 7) is 11.6. The third-order valence-electron chi connectivity index (χ3n) is 5.69. The number of morpholine rings is 1. The van der Waals surface area contributed by atoms with Gasteiger partial charge in [-0.1, -0.05) is 23.4 Å². The second-order valence-electron chi connectivity index (χ2n) is 8.18. The first-order chi connectivity index (χ1) is 14.6. The summed E-state index contributed by atoms with van der Waals surface area (Å²) < 4.78 is 10.7. The Kier molecular flexibility index (Phi) is 6.66. The molecule has 8 nitrogen and oxygen atoms in total. The van der Waals surface area contributed by atoms with E-state index in [9.17, 15) is 4.79 Å². The van der Waals surface area contributed by atoms with Crippen molar-refractivity contribution in [2.75, 3.05) is 62.6 Å². The average Bonchev–Trinajstić information content (AvgIpc) is 3.14. The molecule has 1 N–H and O–H groups in total. The zero-order valence-electron chi connectivity index (χ0n) is 17.8. The number of anilines is 2. The summed E-state index contributed by atoms with van der Waals surface area (Å²) in [5.74, 6) is 1.11. The predicted octanol–water partition coefficient (Wildman–Crippen LogP) is 1.96. The SMILES string of the molecule is Cc1cc(NC(=O)CN2CCN(Cc3ccccc3N3CCO[C@@H](C)C3)CC2)no1. The Morgan fingerprint density at radius 1 is 1.17 bits per heavy atom. The van der Waals surface area contributed by atoms with Crippen molar-refractivity contribution in [3.05, 3.63) is 41.7 Å². The fourth-order valence-corrected chi connectivity index (χ4v) is 4.15. The maximum absolute atomic E-state index is 12.2. The number of hydrogen-bond acceptors (Lipinski definition) is 7. The highest BCUT2D eigenvalue weighted by Crippen LogP contribution is 2.24. The van der Waals surface area contributed by atoms with Crippen molar-refractivity contribution < 1.29 is 14.1 Å². The number of hydrogen-bond donors (Lipinski definition) is 1. The van der Waals surface area contributed by atoms with Crippen LogP contribution in [0.3, 0.4) is 0 Å². The minimum absolute atomic E-state index is 0.0523. The van der Waals surface area contributed by atoms with Gasteiger partial charge in [0.15, 0.2) is 5.82 Å². The fraction of sp³-hybridized carbons (Fsp3) is 0.545. The van der Waals surface area contributed by atoms with E-state index in [1.807, 2.05) is 0 Å². The van der Waals surface area contributed by atoms with E-state index in [2.05, 4.69) is 56.4 Å². The maximum Gasteiger partial charge on any atom is 0.239 e. The van der Waals surface area contributed by atoms with Gasteiger partial charge in [-0.3, -0.25) is 14.6 Å². The molecule has 162 valence electrons. The number of nitrogens with one attached hydrogen (secondary N) is 1. The second kappa shape index (κ2) is 9.59. The van der Waals surface area contributed by atoms with Gasteiger partial charge in [-0.2, -0.15) is 0 Å². The molecule has 0 spiro atoms. The van der Waals surface area contributed by atoms with Gasteiger partial charge in [-0.05, 0) is 25.5 Å². The number of aryl methyl sites for hydroxylation is 1. The third-order valence-corrected chi connectivity index (χ3v) is 5.69. The number of carbonyl (C=O) groups excluding carboxylic acids is 1. The highest BCUT2D eigenvalue weighted by atomic mass is 16.5. The molecule has 1 aromatic heterocycles. The number of amides is 1. The summed E-state index contributed by atoms with van der Waals surface area (Å²) in [7, 11) is 0. The molecule has 0 bridgehead atoms. The minimum atomic E-state index is -0.0523. The Bertz CT molecular complexity index is 847. The largest absolute Gasteiger partial charge is 0.375 e. The monoisotopic (exact) mass is 413 g/mol. The molecular formula is C22H31N5O3. The predicted molar refractivity (Wildman–Crippen MR) is 116 cm³/mol. The van der Waals surface area contributed by atoms with Crippen LogP contribution in [-0.2, 0) is 16.1 Å². The van der Waals surface area contributed by atoms with Crippen LogP contribution in [0, 0.1) is 6.92 Å². The molecule has 2 saturated heterocycles. The van der Waals surface area contributed by atoms with Gasteiger partial charge in [0.2, 0.25) is 5.91 Å². The highest BCUT2D eigenvalue weighted by molar-refractivity contribution is 5.91. The van der Waals surface area contributed by atoms with Crippen LogP contribution in [-0.4, -0.2) is 79.4 Å². The third kappa shape index (κ3) is 5.38. The van der Waals surface area contributed by atoms with Crippen molar-refractivity contribution in [3.63, 3.8) is 0 Å². The number of piperazine rings is 1. The van der Waals surface area contributed by atoms with E-state index < -0.39 is 0 Å². The lowest BCUT2D eigenvalue weighted by Crippen LogP contribution is -2.48. The molecule has 2 fully saturated rings. The highest BCUT2D eigenvalue weighted by Gasteiger charge is 2.23. The van der Waals surface area contributed by atoms with Crippen molar-refractivity contribution in [2.45, 2.75) is 26.5 Å². The Morgan fingerprint density at radius 2 is 1.93 bits per heavy atom. The standard InChI is InChI=1S/C22H31N5O3/c1-17-13-21(24-30-17)23-22(28)16-26-9-7-25(8-10-26)15-19-5-3-4-6-20(19)27-11-12-29-18(2)14-27/h3-6,13,18H,7-12,14-16H2,1-2H3,(H,23,24,28)/t18-/m0/s1. The molecule has 1 atom stereocenters. The van der Waals surface area contributed by atoms with Gasteiger partial charge < -0.3 is 19.5 Å². The zero-order valence-corrected chi connectivity index (χ0v) is 17.8. The van der Waals surface area contributed by atoms with Gasteiger partial charge in [-0.15, -0.1) is 0 Å². The fourth-order valence-electron chi connectivity index (χ4n) is 4.15. The van der Waals surface area contributed by atoms with Crippen LogP contribution in [0.5, 0.6) is 0 Å². The molecule has 30 heavy (non-hydrogen) atoms. The van der Waals surface area contributed by atoms with Crippen molar-refractivity contribution in [1.82, 2.24) is 15.0 Å². The summed E-state index contributed by atoms with van der Waals surface area (Å²) in [5.41, 5.74) is 2.68. The van der Waals surface area contributed by atoms with Gasteiger partial charge >= 0.3 is 0 Å². The average molecular weight is 414 g/mol. The molecule has 0 unspecified atom stereocenters. The first kappa shape index (κ1) is 20.8. The molecule has 4 rings (SSSR count). The Balaban J connectivity index is 1.27. The normalized spacial score (nSPS) is 21.0. The van der Waals surface area contributed by atoms with E-state index in [0.717, 1.165) is 52.4 Å². The zero-order chi connectivity index (χ0) is 20.9. The van der Waals surface area contributed by atoms with Crippen LogP contribution in [0.4, 0.5) is 11.5 Å². The molecule has 0 aliphatic carbocycles. The number of para-hydroxylation sites is 1. The Hall–Kier alpha value is -2.42. The van der Waals surface area contributed by atoms with Crippen molar-refractivity contribution >= 4 is 17.4 Å². The molecule has 0 radical (unpaired) electrons. The van der Waals surface area contributed by atoms with Gasteiger partial charge in [0.25, 0.3) is 0 Å². The molecule has 1 amide bonds. The van der Waals surface area contributed by atoms with Gasteiger partial charge in [0.05, 0.1) is 19.3 Å². The topological polar surface area (TPSA) is 74.1 Å². The number of benzene rings is 1. The summed E-state index contributed by atoms with van der Waals surface area (Å²) in [4.78, 5) is 19.3. The van der Waals surface area contributed by atoms with E-state index in [1.54, 1.807) is 13.0 Å². The lowest BCUT2D eigenvalue weighted by molar-refractivity contribution is -0.117. The summed E-state index contributed by atoms with van der Waals surface area (Å²) in [6.07, 6.45) is 0.266. The van der Waals surface area contributed by atoms with Crippen molar-refractivity contribution in [1.29, 1.82) is 0 Å². The van der Waals surface area contributed by atoms with Crippen LogP contribution in [0.25, 0.3) is 0 Å². The summed E-state index contributed by atoms with van der Waals surface area (Å²) in [5, 5.41) is 6.61. The van der Waals surface area contributed by atoms with E-state index in [0.29, 0.717) is 18.1 Å². The smallest absolute Gasteiger partial charge is 0.239 e. The lowest BCUT2D eigenvalue weighted by atomic mass is 10.1. The number of rotatable bonds is 6. The van der Waals surface area contributed by atoms with E-state index in [-0.39, 0.29) is 12.0 Å². The van der Waals surface area contributed by atoms with E-state index in [4.69, 9.17) is 9.26 Å². The minimum Gasteiger partial charge on any atom is -0.375 e. The molecule has 0 saturated carbocycles. The van der Waals surface area contributed by atoms with Crippen molar-refractivity contribution in [3.8, 4) is 0 Å². The van der Waals surface area contributed by atoms with Gasteiger partial charge in [-0.25, -0.2) is 0 Å². The molecule has 2 aliphatic rings. The van der Waals surface area contributed by atoms with E-state index in [1.165, 1.54) is 11.3 Å². The number of carbonyl (C=O) groups is 1.